The number of nitrogens with one attached hydrogen (secondary N) is 1. The van der Waals surface area contributed by atoms with Crippen LogP contribution in [0.3, 0.4) is 0 Å². The van der Waals surface area contributed by atoms with Gasteiger partial charge in [0.1, 0.15) is 47.1 Å². The number of phenolic OH excluding ortho intramolecular Hbond substituents is 1. The number of ether oxygens (including phenoxy) is 1. The Morgan fingerprint density at radius 1 is 1.07 bits per heavy atom. The van der Waals surface area contributed by atoms with Gasteiger partial charge < -0.3 is 20.1 Å². The summed E-state index contributed by atoms with van der Waals surface area (Å²) in [4.78, 5) is 18.0. The summed E-state index contributed by atoms with van der Waals surface area (Å²) >= 11 is 0. The molecule has 0 amide bonds. The number of nitrogens with zero attached hydrogens (tertiary/aromatic N) is 5. The molecular weight excluding hydrogens is 581 g/mol. The van der Waals surface area contributed by atoms with E-state index >= 15 is 4.39 Å². The summed E-state index contributed by atoms with van der Waals surface area (Å²) in [7, 11) is 0. The summed E-state index contributed by atoms with van der Waals surface area (Å²) in [6.45, 7) is 2.57. The molecule has 4 aromatic rings. The van der Waals surface area contributed by atoms with Gasteiger partial charge >= 0.3 is 6.01 Å². The molecule has 0 aliphatic carbocycles. The summed E-state index contributed by atoms with van der Waals surface area (Å²) in [5, 5.41) is 14.9. The highest BCUT2D eigenvalue weighted by Crippen LogP contribution is 2.42. The highest BCUT2D eigenvalue weighted by molar-refractivity contribution is 6.04. The zero-order valence-electron chi connectivity index (χ0n) is 24.3. The molecule has 45 heavy (non-hydrogen) atoms. The van der Waals surface area contributed by atoms with Crippen LogP contribution in [0.4, 0.5) is 19.0 Å². The second kappa shape index (κ2) is 10.2. The molecule has 2 aromatic heterocycles. The molecule has 8 nitrogen and oxygen atoms in total. The second-order valence-corrected chi connectivity index (χ2v) is 12.5. The summed E-state index contributed by atoms with van der Waals surface area (Å²) in [6.07, 6.45) is 13.8. The lowest BCUT2D eigenvalue weighted by molar-refractivity contribution is 0.107. The van der Waals surface area contributed by atoms with Gasteiger partial charge in [-0.1, -0.05) is 12.0 Å². The lowest BCUT2D eigenvalue weighted by atomic mass is 9.91. The highest BCUT2D eigenvalue weighted by Gasteiger charge is 2.49. The van der Waals surface area contributed by atoms with Gasteiger partial charge in [0, 0.05) is 49.1 Å². The zero-order valence-corrected chi connectivity index (χ0v) is 24.3. The van der Waals surface area contributed by atoms with E-state index in [9.17, 15) is 13.9 Å². The lowest BCUT2D eigenvalue weighted by Gasteiger charge is -2.48. The van der Waals surface area contributed by atoms with E-state index in [4.69, 9.17) is 22.6 Å². The number of pyridine rings is 1. The van der Waals surface area contributed by atoms with E-state index < -0.39 is 23.3 Å². The first-order valence-corrected chi connectivity index (χ1v) is 15.1. The molecule has 5 fully saturated rings. The number of anilines is 1. The molecule has 2 aromatic carbocycles. The van der Waals surface area contributed by atoms with Crippen molar-refractivity contribution in [1.82, 2.24) is 25.2 Å². The summed E-state index contributed by atoms with van der Waals surface area (Å²) < 4.78 is 52.4. The van der Waals surface area contributed by atoms with Gasteiger partial charge in [0.2, 0.25) is 0 Å². The number of rotatable bonds is 5. The fourth-order valence-corrected chi connectivity index (χ4v) is 7.80. The summed E-state index contributed by atoms with van der Waals surface area (Å²) in [6, 6.07) is 5.80. The smallest absolute Gasteiger partial charge is 0.319 e. The van der Waals surface area contributed by atoms with Crippen LogP contribution in [-0.4, -0.2) is 81.5 Å². The largest absolute Gasteiger partial charge is 0.508 e. The Bertz CT molecular complexity index is 1970. The van der Waals surface area contributed by atoms with Gasteiger partial charge in [0.15, 0.2) is 5.82 Å². The number of benzene rings is 2. The van der Waals surface area contributed by atoms with Gasteiger partial charge in [0.05, 0.1) is 16.5 Å². The summed E-state index contributed by atoms with van der Waals surface area (Å²) in [5.74, 6) is 3.63. The zero-order chi connectivity index (χ0) is 31.0. The third kappa shape index (κ3) is 4.37. The maximum absolute atomic E-state index is 16.9. The molecule has 9 rings (SSSR count). The number of fused-ring (bicyclic) bond motifs is 5. The predicted molar refractivity (Wildman–Crippen MR) is 164 cm³/mol. The topological polar surface area (TPSA) is 86.6 Å². The number of piperazine rings is 1. The van der Waals surface area contributed by atoms with Crippen LogP contribution in [0, 0.1) is 36.3 Å². The van der Waals surface area contributed by atoms with E-state index in [0.29, 0.717) is 37.3 Å². The minimum atomic E-state index is -0.936. The van der Waals surface area contributed by atoms with Crippen LogP contribution in [0.25, 0.3) is 32.9 Å². The Morgan fingerprint density at radius 2 is 1.87 bits per heavy atom. The summed E-state index contributed by atoms with van der Waals surface area (Å²) in [5.41, 5.74) is -0.764. The SMILES string of the molecule is C#Cc1c(F)ccc2cc(O)cc(-c3nc(C#C)c4c(N5CC6CC(C5)N6)nc(OC[C@@]56CCCN5C[C@H](F)C6)nc4c3F)c12. The van der Waals surface area contributed by atoms with Crippen molar-refractivity contribution in [2.45, 2.75) is 49.5 Å². The second-order valence-electron chi connectivity index (χ2n) is 12.5. The molecular formula is C34H29F3N6O2. The van der Waals surface area contributed by atoms with Crippen molar-refractivity contribution in [3.63, 3.8) is 0 Å². The van der Waals surface area contributed by atoms with Crippen LogP contribution in [0.1, 0.15) is 36.9 Å². The van der Waals surface area contributed by atoms with Crippen LogP contribution in [0.5, 0.6) is 11.8 Å². The number of alkyl halides is 1. The molecule has 5 saturated heterocycles. The number of aromatic hydroxyl groups is 1. The van der Waals surface area contributed by atoms with Crippen LogP contribution in [0.2, 0.25) is 0 Å². The minimum Gasteiger partial charge on any atom is -0.508 e. The van der Waals surface area contributed by atoms with E-state index in [2.05, 4.69) is 32.0 Å². The molecule has 4 atom stereocenters. The number of halogens is 3. The maximum Gasteiger partial charge on any atom is 0.319 e. The average molecular weight is 611 g/mol. The Labute approximate surface area is 257 Å². The first-order chi connectivity index (χ1) is 21.8. The van der Waals surface area contributed by atoms with Crippen molar-refractivity contribution in [1.29, 1.82) is 0 Å². The highest BCUT2D eigenvalue weighted by atomic mass is 19.1. The molecule has 5 aliphatic rings. The molecule has 11 heteroatoms. The molecule has 2 N–H and O–H groups in total. The van der Waals surface area contributed by atoms with Crippen LogP contribution >= 0.6 is 0 Å². The molecule has 7 heterocycles. The number of hydrogen-bond donors (Lipinski definition) is 2. The Morgan fingerprint density at radius 3 is 2.62 bits per heavy atom. The predicted octanol–water partition coefficient (Wildman–Crippen LogP) is 4.30. The van der Waals surface area contributed by atoms with Crippen molar-refractivity contribution in [2.24, 2.45) is 0 Å². The van der Waals surface area contributed by atoms with E-state index in [1.807, 2.05) is 4.90 Å². The molecule has 5 aliphatic heterocycles. The Kier molecular flexibility index (Phi) is 6.35. The molecule has 0 spiro atoms. The third-order valence-electron chi connectivity index (χ3n) is 9.79. The maximum atomic E-state index is 16.9. The quantitative estimate of drug-likeness (QED) is 0.324. The Hall–Kier alpha value is -4.58. The van der Waals surface area contributed by atoms with Gasteiger partial charge in [-0.25, -0.2) is 18.2 Å². The van der Waals surface area contributed by atoms with Crippen molar-refractivity contribution in [2.75, 3.05) is 37.7 Å². The van der Waals surface area contributed by atoms with Gasteiger partial charge in [0.25, 0.3) is 0 Å². The third-order valence-corrected chi connectivity index (χ3v) is 9.79. The molecule has 2 bridgehead atoms. The normalized spacial score (nSPS) is 25.6. The van der Waals surface area contributed by atoms with Crippen LogP contribution in [-0.2, 0) is 0 Å². The van der Waals surface area contributed by atoms with Gasteiger partial charge in [-0.2, -0.15) is 9.97 Å². The molecule has 0 saturated carbocycles. The lowest BCUT2D eigenvalue weighted by Crippen LogP contribution is -2.67. The standard InChI is InChI=1S/C34H29F3N6O2/c1-3-23-25(36)7-6-18-10-22(44)12-24(27(18)23)30-29(37)31-28(26(4-2)39-30)32(42-15-20-11-21(16-42)38-20)41-33(40-31)45-17-34-8-5-9-43(34)14-19(35)13-34/h1-2,6-7,10,12,19-21,38,44H,5,8-9,11,13-17H2/t19-,20?,21?,34+/m1/s1. The minimum absolute atomic E-state index is 0.0524. The van der Waals surface area contributed by atoms with Crippen molar-refractivity contribution in [3.8, 4) is 47.7 Å². The van der Waals surface area contributed by atoms with Crippen LogP contribution < -0.4 is 15.0 Å². The van der Waals surface area contributed by atoms with E-state index in [1.165, 1.54) is 24.3 Å². The number of phenols is 1. The number of piperidine rings is 1. The molecule has 0 radical (unpaired) electrons. The van der Waals surface area contributed by atoms with E-state index in [-0.39, 0.29) is 69.3 Å². The number of terminal acetylenes is 2. The van der Waals surface area contributed by atoms with Crippen molar-refractivity contribution in [3.05, 3.63) is 47.2 Å². The fraction of sp³-hybridized carbons (Fsp3) is 0.382. The van der Waals surface area contributed by atoms with Crippen molar-refractivity contribution < 1.29 is 23.0 Å². The molecule has 2 unspecified atom stereocenters. The van der Waals surface area contributed by atoms with E-state index in [1.54, 1.807) is 0 Å². The van der Waals surface area contributed by atoms with Gasteiger partial charge in [-0.05, 0) is 55.3 Å². The number of hydrogen-bond acceptors (Lipinski definition) is 8. The number of aromatic nitrogens is 3. The van der Waals surface area contributed by atoms with Gasteiger partial charge in [-0.3, -0.25) is 4.90 Å². The first-order valence-electron chi connectivity index (χ1n) is 15.1. The fourth-order valence-electron chi connectivity index (χ4n) is 7.80. The average Bonchev–Trinajstić information content (AvgIpc) is 3.55. The van der Waals surface area contributed by atoms with Crippen LogP contribution in [0.15, 0.2) is 24.3 Å². The monoisotopic (exact) mass is 610 g/mol. The van der Waals surface area contributed by atoms with Gasteiger partial charge in [-0.15, -0.1) is 12.8 Å². The van der Waals surface area contributed by atoms with E-state index in [0.717, 1.165) is 25.8 Å². The first kappa shape index (κ1) is 27.9. The molecule has 228 valence electrons. The van der Waals surface area contributed by atoms with Crippen molar-refractivity contribution >= 4 is 27.5 Å². The Balaban J connectivity index is 1.33.